The van der Waals surface area contributed by atoms with Gasteiger partial charge in [0.25, 0.3) is 5.91 Å². The van der Waals surface area contributed by atoms with Gasteiger partial charge in [-0.1, -0.05) is 12.1 Å². The van der Waals surface area contributed by atoms with Crippen molar-refractivity contribution in [3.63, 3.8) is 0 Å². The average Bonchev–Trinajstić information content (AvgIpc) is 3.12. The zero-order valence-corrected chi connectivity index (χ0v) is 20.5. The van der Waals surface area contributed by atoms with Gasteiger partial charge in [0.15, 0.2) is 0 Å². The Morgan fingerprint density at radius 3 is 2.32 bits per heavy atom. The van der Waals surface area contributed by atoms with Crippen LogP contribution in [0.4, 0.5) is 32.0 Å². The number of hydrogen-bond donors (Lipinski definition) is 1. The molecule has 3 heterocycles. The molecule has 1 N–H and O–H groups in total. The van der Waals surface area contributed by atoms with E-state index in [4.69, 9.17) is 14.6 Å². The van der Waals surface area contributed by atoms with Crippen molar-refractivity contribution in [2.75, 3.05) is 32.1 Å². The first kappa shape index (κ1) is 28.2. The molecule has 37 heavy (non-hydrogen) atoms. The van der Waals surface area contributed by atoms with Crippen LogP contribution < -0.4 is 9.64 Å². The fraction of sp³-hybridized carbons (Fsp3) is 0.348. The van der Waals surface area contributed by atoms with E-state index in [1.165, 1.54) is 6.07 Å². The van der Waals surface area contributed by atoms with E-state index in [0.29, 0.717) is 40.4 Å². The summed E-state index contributed by atoms with van der Waals surface area (Å²) in [7, 11) is 3.85. The van der Waals surface area contributed by atoms with Crippen LogP contribution in [0.1, 0.15) is 20.9 Å². The molecule has 0 bridgehead atoms. The van der Waals surface area contributed by atoms with Crippen LogP contribution in [-0.2, 0) is 11.0 Å². The molecule has 0 aliphatic carbocycles. The summed E-state index contributed by atoms with van der Waals surface area (Å²) in [6.07, 6.45) is -9.83. The van der Waals surface area contributed by atoms with E-state index >= 15 is 0 Å². The van der Waals surface area contributed by atoms with Crippen LogP contribution in [-0.4, -0.2) is 66.3 Å². The molecule has 1 aliphatic rings. The van der Waals surface area contributed by atoms with E-state index in [-0.39, 0.29) is 16.8 Å². The van der Waals surface area contributed by atoms with E-state index in [1.807, 2.05) is 43.3 Å². The SMILES string of the molecule is Cc1c(C(=O)N2CC(CN(C)C)Oc3ccccc32)sc2nc(C(F)(F)F)ccc12.O=C(O)C(F)(F)F. The Morgan fingerprint density at radius 1 is 1.14 bits per heavy atom. The van der Waals surface area contributed by atoms with Crippen molar-refractivity contribution in [3.8, 4) is 5.75 Å². The van der Waals surface area contributed by atoms with Crippen LogP contribution in [0.25, 0.3) is 10.2 Å². The molecule has 1 atom stereocenters. The number of hydrogen-bond acceptors (Lipinski definition) is 6. The maximum absolute atomic E-state index is 13.5. The molecule has 0 saturated heterocycles. The second kappa shape index (κ2) is 10.5. The third kappa shape index (κ3) is 6.49. The molecular weight excluding hydrogens is 528 g/mol. The van der Waals surface area contributed by atoms with Crippen molar-refractivity contribution < 1.29 is 45.8 Å². The molecule has 1 aromatic carbocycles. The largest absolute Gasteiger partial charge is 0.490 e. The topological polar surface area (TPSA) is 83.0 Å². The summed E-state index contributed by atoms with van der Waals surface area (Å²) in [5.41, 5.74) is 0.325. The average molecular weight is 549 g/mol. The van der Waals surface area contributed by atoms with Crippen LogP contribution in [0.3, 0.4) is 0 Å². The Kier molecular flexibility index (Phi) is 8.03. The Balaban J connectivity index is 0.000000479. The number of ether oxygens (including phenoxy) is 1. The van der Waals surface area contributed by atoms with E-state index in [9.17, 15) is 31.1 Å². The molecule has 4 rings (SSSR count). The van der Waals surface area contributed by atoms with Crippen molar-refractivity contribution in [1.82, 2.24) is 9.88 Å². The molecule has 2 aromatic heterocycles. The highest BCUT2D eigenvalue weighted by molar-refractivity contribution is 7.20. The van der Waals surface area contributed by atoms with Gasteiger partial charge in [-0.2, -0.15) is 26.3 Å². The van der Waals surface area contributed by atoms with Gasteiger partial charge in [-0.25, -0.2) is 9.78 Å². The van der Waals surface area contributed by atoms with Crippen molar-refractivity contribution >= 4 is 39.1 Å². The number of fused-ring (bicyclic) bond motifs is 2. The molecule has 3 aromatic rings. The number of carbonyl (C=O) groups is 2. The minimum atomic E-state index is -5.08. The van der Waals surface area contributed by atoms with Gasteiger partial charge in [0.05, 0.1) is 17.1 Å². The predicted molar refractivity (Wildman–Crippen MR) is 124 cm³/mol. The number of benzene rings is 1. The van der Waals surface area contributed by atoms with Gasteiger partial charge in [0.2, 0.25) is 0 Å². The predicted octanol–water partition coefficient (Wildman–Crippen LogP) is 5.23. The van der Waals surface area contributed by atoms with E-state index in [1.54, 1.807) is 11.8 Å². The molecule has 7 nitrogen and oxygen atoms in total. The minimum absolute atomic E-state index is 0.206. The van der Waals surface area contributed by atoms with Crippen molar-refractivity contribution in [3.05, 3.63) is 52.5 Å². The number of para-hydroxylation sites is 2. The molecule has 0 radical (unpaired) electrons. The second-order valence-corrected chi connectivity index (χ2v) is 9.29. The summed E-state index contributed by atoms with van der Waals surface area (Å²) in [5.74, 6) is -2.41. The summed E-state index contributed by atoms with van der Waals surface area (Å²) in [6, 6.07) is 9.62. The fourth-order valence-electron chi connectivity index (χ4n) is 3.58. The summed E-state index contributed by atoms with van der Waals surface area (Å²) < 4.78 is 76.9. The molecule has 1 aliphatic heterocycles. The lowest BCUT2D eigenvalue weighted by atomic mass is 10.1. The first-order chi connectivity index (χ1) is 17.1. The number of alkyl halides is 6. The number of pyridine rings is 1. The number of thiophene rings is 1. The smallest absolute Gasteiger partial charge is 0.485 e. The zero-order valence-electron chi connectivity index (χ0n) is 19.6. The molecule has 1 unspecified atom stereocenters. The number of aryl methyl sites for hydroxylation is 1. The number of carboxylic acid groups (broad SMARTS) is 1. The Morgan fingerprint density at radius 2 is 1.76 bits per heavy atom. The highest BCUT2D eigenvalue weighted by Crippen LogP contribution is 2.38. The van der Waals surface area contributed by atoms with Crippen molar-refractivity contribution in [1.29, 1.82) is 0 Å². The van der Waals surface area contributed by atoms with E-state index in [2.05, 4.69) is 4.98 Å². The van der Waals surface area contributed by atoms with E-state index in [0.717, 1.165) is 17.4 Å². The number of carboxylic acids is 1. The monoisotopic (exact) mass is 549 g/mol. The van der Waals surface area contributed by atoms with Crippen LogP contribution >= 0.6 is 11.3 Å². The van der Waals surface area contributed by atoms with Gasteiger partial charge in [0.1, 0.15) is 22.4 Å². The van der Waals surface area contributed by atoms with E-state index < -0.39 is 24.0 Å². The van der Waals surface area contributed by atoms with Crippen LogP contribution in [0.5, 0.6) is 5.75 Å². The standard InChI is InChI=1S/C21H20F3N3O2S.C2HF3O2/c1-12-14-8-9-17(21(22,23)24)25-19(14)30-18(12)20(28)27-11-13(10-26(2)3)29-16-7-5-4-6-15(16)27;3-2(4,5)1(6)7/h4-9,13H,10-11H2,1-3H3;(H,6,7). The van der Waals surface area contributed by atoms with Gasteiger partial charge < -0.3 is 19.6 Å². The lowest BCUT2D eigenvalue weighted by Gasteiger charge is -2.35. The second-order valence-electron chi connectivity index (χ2n) is 8.29. The lowest BCUT2D eigenvalue weighted by Crippen LogP contribution is -2.47. The van der Waals surface area contributed by atoms with Gasteiger partial charge in [-0.3, -0.25) is 4.79 Å². The Labute approximate surface area is 210 Å². The number of aromatic nitrogens is 1. The summed E-state index contributed by atoms with van der Waals surface area (Å²) in [6.45, 7) is 2.72. The molecular formula is C23H21F6N3O4S. The first-order valence-corrected chi connectivity index (χ1v) is 11.4. The molecule has 0 spiro atoms. The van der Waals surface area contributed by atoms with Crippen molar-refractivity contribution in [2.45, 2.75) is 25.4 Å². The molecule has 0 saturated carbocycles. The van der Waals surface area contributed by atoms with Gasteiger partial charge in [0, 0.05) is 11.9 Å². The quantitative estimate of drug-likeness (QED) is 0.451. The van der Waals surface area contributed by atoms with Gasteiger partial charge >= 0.3 is 18.3 Å². The summed E-state index contributed by atoms with van der Waals surface area (Å²) >= 11 is 0.992. The first-order valence-electron chi connectivity index (χ1n) is 10.6. The molecule has 14 heteroatoms. The minimum Gasteiger partial charge on any atom is -0.485 e. The van der Waals surface area contributed by atoms with Crippen molar-refractivity contribution in [2.24, 2.45) is 0 Å². The number of likely N-dealkylation sites (N-methyl/N-ethyl adjacent to an activating group) is 1. The summed E-state index contributed by atoms with van der Waals surface area (Å²) in [4.78, 5) is 30.3. The number of nitrogens with zero attached hydrogens (tertiary/aromatic N) is 3. The van der Waals surface area contributed by atoms with Crippen LogP contribution in [0.15, 0.2) is 36.4 Å². The van der Waals surface area contributed by atoms with Crippen LogP contribution in [0, 0.1) is 6.92 Å². The number of amides is 1. The third-order valence-corrected chi connectivity index (χ3v) is 6.37. The maximum Gasteiger partial charge on any atom is 0.490 e. The Bertz CT molecular complexity index is 1310. The highest BCUT2D eigenvalue weighted by atomic mass is 32.1. The number of aliphatic carboxylic acids is 1. The third-order valence-electron chi connectivity index (χ3n) is 5.18. The zero-order chi connectivity index (χ0) is 27.7. The number of anilines is 1. The highest BCUT2D eigenvalue weighted by Gasteiger charge is 2.38. The fourth-order valence-corrected chi connectivity index (χ4v) is 4.71. The Hall–Kier alpha value is -3.39. The number of halogens is 6. The molecule has 0 fully saturated rings. The number of rotatable bonds is 3. The normalized spacial score (nSPS) is 15.6. The van der Waals surface area contributed by atoms with Gasteiger partial charge in [-0.05, 0) is 50.8 Å². The molecule has 200 valence electrons. The van der Waals surface area contributed by atoms with Gasteiger partial charge in [-0.15, -0.1) is 11.3 Å². The lowest BCUT2D eigenvalue weighted by molar-refractivity contribution is -0.192. The number of carbonyl (C=O) groups excluding carboxylic acids is 1. The maximum atomic E-state index is 13.5. The molecule has 1 amide bonds. The summed E-state index contributed by atoms with van der Waals surface area (Å²) in [5, 5.41) is 7.68. The van der Waals surface area contributed by atoms with Crippen LogP contribution in [0.2, 0.25) is 0 Å².